The first-order valence-corrected chi connectivity index (χ1v) is 9.58. The summed E-state index contributed by atoms with van der Waals surface area (Å²) >= 11 is 7.17. The molecule has 1 saturated heterocycles. The summed E-state index contributed by atoms with van der Waals surface area (Å²) in [7, 11) is -3.42. The molecule has 0 saturated carbocycles. The number of thiophene rings is 1. The number of aryl methyl sites for hydroxylation is 1. The van der Waals surface area contributed by atoms with E-state index < -0.39 is 10.0 Å². The zero-order chi connectivity index (χ0) is 14.8. The molecule has 1 aliphatic heterocycles. The number of likely N-dealkylation sites (N-methyl/N-ethyl adjacent to an activating group) is 1. The lowest BCUT2D eigenvalue weighted by molar-refractivity contribution is 0.247. The van der Waals surface area contributed by atoms with Crippen LogP contribution in [0, 0.1) is 6.92 Å². The predicted molar refractivity (Wildman–Crippen MR) is 84.1 cm³/mol. The monoisotopic (exact) mass is 336 g/mol. The molecule has 1 aromatic rings. The van der Waals surface area contributed by atoms with E-state index in [1.165, 1.54) is 0 Å². The van der Waals surface area contributed by atoms with Crippen LogP contribution in [0.1, 0.15) is 31.7 Å². The topological polar surface area (TPSA) is 49.4 Å². The van der Waals surface area contributed by atoms with Gasteiger partial charge in [0.25, 0.3) is 10.0 Å². The van der Waals surface area contributed by atoms with Gasteiger partial charge in [-0.2, -0.15) is 4.31 Å². The largest absolute Gasteiger partial charge is 0.315 e. The van der Waals surface area contributed by atoms with Crippen molar-refractivity contribution in [3.63, 3.8) is 0 Å². The van der Waals surface area contributed by atoms with Crippen molar-refractivity contribution in [2.45, 2.75) is 43.4 Å². The van der Waals surface area contributed by atoms with Crippen LogP contribution in [-0.2, 0) is 10.0 Å². The van der Waals surface area contributed by atoms with Crippen molar-refractivity contribution >= 4 is 33.0 Å². The lowest BCUT2D eigenvalue weighted by Gasteiger charge is -2.34. The Bertz CT molecular complexity index is 537. The van der Waals surface area contributed by atoms with Crippen LogP contribution >= 0.6 is 22.9 Å². The van der Waals surface area contributed by atoms with Gasteiger partial charge in [0.15, 0.2) is 0 Å². The second-order valence-corrected chi connectivity index (χ2v) is 8.87. The summed E-state index contributed by atoms with van der Waals surface area (Å²) in [4.78, 5) is 0. The molecule has 20 heavy (non-hydrogen) atoms. The number of halogens is 1. The van der Waals surface area contributed by atoms with Gasteiger partial charge >= 0.3 is 0 Å². The summed E-state index contributed by atoms with van der Waals surface area (Å²) in [5.41, 5.74) is 0.829. The second kappa shape index (κ2) is 6.75. The van der Waals surface area contributed by atoms with Gasteiger partial charge < -0.3 is 5.32 Å². The smallest absolute Gasteiger partial charge is 0.252 e. The van der Waals surface area contributed by atoms with Crippen molar-refractivity contribution in [2.24, 2.45) is 0 Å². The highest BCUT2D eigenvalue weighted by atomic mass is 35.5. The van der Waals surface area contributed by atoms with Crippen molar-refractivity contribution in [3.05, 3.63) is 16.0 Å². The van der Waals surface area contributed by atoms with E-state index in [1.54, 1.807) is 10.4 Å². The van der Waals surface area contributed by atoms with Gasteiger partial charge in [0, 0.05) is 19.1 Å². The Morgan fingerprint density at radius 3 is 2.85 bits per heavy atom. The van der Waals surface area contributed by atoms with E-state index in [1.807, 2.05) is 13.8 Å². The fourth-order valence-electron chi connectivity index (χ4n) is 2.48. The fourth-order valence-corrected chi connectivity index (χ4v) is 6.01. The molecular formula is C13H21ClN2O2S2. The first kappa shape index (κ1) is 16.2. The maximum Gasteiger partial charge on any atom is 0.252 e. The molecule has 0 amide bonds. The molecule has 1 fully saturated rings. The van der Waals surface area contributed by atoms with Crippen molar-refractivity contribution in [2.75, 3.05) is 19.6 Å². The van der Waals surface area contributed by atoms with Crippen LogP contribution in [0.3, 0.4) is 0 Å². The third kappa shape index (κ3) is 3.36. The summed E-state index contributed by atoms with van der Waals surface area (Å²) < 4.78 is 28.1. The van der Waals surface area contributed by atoms with Gasteiger partial charge in [0.1, 0.15) is 4.21 Å². The van der Waals surface area contributed by atoms with Gasteiger partial charge in [-0.15, -0.1) is 11.3 Å². The van der Waals surface area contributed by atoms with Crippen LogP contribution < -0.4 is 5.32 Å². The highest BCUT2D eigenvalue weighted by Gasteiger charge is 2.34. The SMILES string of the molecule is CCNCC1CCCCN1S(=O)(=O)c1cc(C)c(Cl)s1. The summed E-state index contributed by atoms with van der Waals surface area (Å²) in [6, 6.07) is 1.73. The summed E-state index contributed by atoms with van der Waals surface area (Å²) in [5, 5.41) is 3.26. The Hall–Kier alpha value is -0.140. The summed E-state index contributed by atoms with van der Waals surface area (Å²) in [5.74, 6) is 0. The van der Waals surface area contributed by atoms with E-state index in [2.05, 4.69) is 5.32 Å². The molecule has 1 N–H and O–H groups in total. The van der Waals surface area contributed by atoms with Gasteiger partial charge in [0.05, 0.1) is 4.34 Å². The molecule has 0 spiro atoms. The minimum atomic E-state index is -3.42. The van der Waals surface area contributed by atoms with Crippen LogP contribution in [0.15, 0.2) is 10.3 Å². The number of hydrogen-bond acceptors (Lipinski definition) is 4. The number of piperidine rings is 1. The van der Waals surface area contributed by atoms with E-state index in [0.717, 1.165) is 42.7 Å². The Morgan fingerprint density at radius 2 is 2.25 bits per heavy atom. The zero-order valence-electron chi connectivity index (χ0n) is 11.9. The highest BCUT2D eigenvalue weighted by molar-refractivity contribution is 7.91. The highest BCUT2D eigenvalue weighted by Crippen LogP contribution is 2.34. The van der Waals surface area contributed by atoms with E-state index in [4.69, 9.17) is 11.6 Å². The average molecular weight is 337 g/mol. The molecular weight excluding hydrogens is 316 g/mol. The van der Waals surface area contributed by atoms with Crippen LogP contribution in [-0.4, -0.2) is 38.4 Å². The quantitative estimate of drug-likeness (QED) is 0.899. The van der Waals surface area contributed by atoms with Crippen molar-refractivity contribution in [3.8, 4) is 0 Å². The summed E-state index contributed by atoms with van der Waals surface area (Å²) in [6.45, 7) is 6.04. The minimum Gasteiger partial charge on any atom is -0.315 e. The Kier molecular flexibility index (Phi) is 5.48. The normalized spacial score (nSPS) is 21.2. The molecule has 2 rings (SSSR count). The number of hydrogen-bond donors (Lipinski definition) is 1. The molecule has 0 radical (unpaired) electrons. The predicted octanol–water partition coefficient (Wildman–Crippen LogP) is 2.86. The molecule has 0 aliphatic carbocycles. The van der Waals surface area contributed by atoms with Gasteiger partial charge in [-0.25, -0.2) is 8.42 Å². The molecule has 1 atom stereocenters. The standard InChI is InChI=1S/C13H21ClN2O2S2/c1-3-15-9-11-6-4-5-7-16(11)20(17,18)12-8-10(2)13(14)19-12/h8,11,15H,3-7,9H2,1-2H3. The van der Waals surface area contributed by atoms with Crippen LogP contribution in [0.4, 0.5) is 0 Å². The van der Waals surface area contributed by atoms with Crippen LogP contribution in [0.5, 0.6) is 0 Å². The first-order valence-electron chi connectivity index (χ1n) is 6.95. The van der Waals surface area contributed by atoms with Gasteiger partial charge in [-0.05, 0) is 37.9 Å². The van der Waals surface area contributed by atoms with E-state index in [9.17, 15) is 8.42 Å². The fraction of sp³-hybridized carbons (Fsp3) is 0.692. The van der Waals surface area contributed by atoms with Crippen LogP contribution in [0.25, 0.3) is 0 Å². The molecule has 1 unspecified atom stereocenters. The molecule has 1 aliphatic rings. The maximum absolute atomic E-state index is 12.8. The maximum atomic E-state index is 12.8. The lowest BCUT2D eigenvalue weighted by atomic mass is 10.1. The molecule has 114 valence electrons. The van der Waals surface area contributed by atoms with E-state index >= 15 is 0 Å². The third-order valence-electron chi connectivity index (χ3n) is 3.60. The first-order chi connectivity index (χ1) is 9.46. The van der Waals surface area contributed by atoms with Gasteiger partial charge in [0.2, 0.25) is 0 Å². The molecule has 2 heterocycles. The second-order valence-electron chi connectivity index (χ2n) is 5.10. The zero-order valence-corrected chi connectivity index (χ0v) is 14.2. The third-order valence-corrected chi connectivity index (χ3v) is 7.56. The minimum absolute atomic E-state index is 0.0508. The molecule has 1 aromatic heterocycles. The van der Waals surface area contributed by atoms with E-state index in [0.29, 0.717) is 21.6 Å². The molecule has 7 heteroatoms. The van der Waals surface area contributed by atoms with Gasteiger partial charge in [-0.3, -0.25) is 0 Å². The Morgan fingerprint density at radius 1 is 1.50 bits per heavy atom. The van der Waals surface area contributed by atoms with Crippen molar-refractivity contribution in [1.29, 1.82) is 0 Å². The Labute approximate surface area is 130 Å². The summed E-state index contributed by atoms with van der Waals surface area (Å²) in [6.07, 6.45) is 2.94. The van der Waals surface area contributed by atoms with Crippen LogP contribution in [0.2, 0.25) is 4.34 Å². The Balaban J connectivity index is 2.25. The molecule has 0 aromatic carbocycles. The number of nitrogens with zero attached hydrogens (tertiary/aromatic N) is 1. The number of nitrogens with one attached hydrogen (secondary N) is 1. The number of rotatable bonds is 5. The van der Waals surface area contributed by atoms with Crippen molar-refractivity contribution < 1.29 is 8.42 Å². The number of sulfonamides is 1. The van der Waals surface area contributed by atoms with Gasteiger partial charge in [-0.1, -0.05) is 24.9 Å². The lowest BCUT2D eigenvalue weighted by Crippen LogP contribution is -2.48. The van der Waals surface area contributed by atoms with Crippen molar-refractivity contribution in [1.82, 2.24) is 9.62 Å². The van der Waals surface area contributed by atoms with E-state index in [-0.39, 0.29) is 6.04 Å². The molecule has 4 nitrogen and oxygen atoms in total. The molecule has 0 bridgehead atoms. The average Bonchev–Trinajstić information content (AvgIpc) is 2.77.